The van der Waals surface area contributed by atoms with E-state index in [9.17, 15) is 0 Å². The Morgan fingerprint density at radius 3 is 2.07 bits per heavy atom. The smallest absolute Gasteiger partial charge is 0.134 e. The van der Waals surface area contributed by atoms with Gasteiger partial charge in [0, 0.05) is 14.2 Å². The average Bonchev–Trinajstić information content (AvgIpc) is 2.24. The van der Waals surface area contributed by atoms with E-state index in [-0.39, 0.29) is 15.4 Å². The summed E-state index contributed by atoms with van der Waals surface area (Å²) < 4.78 is 10.2. The highest BCUT2D eigenvalue weighted by molar-refractivity contribution is 6.36. The summed E-state index contributed by atoms with van der Waals surface area (Å²) >= 11 is 0. The fourth-order valence-electron chi connectivity index (χ4n) is 1.14. The summed E-state index contributed by atoms with van der Waals surface area (Å²) in [5.41, 5.74) is 0. The Kier molecular flexibility index (Phi) is 9.58. The molecule has 14 heavy (non-hydrogen) atoms. The Balaban J connectivity index is 3.35. The van der Waals surface area contributed by atoms with Gasteiger partial charge in [0.15, 0.2) is 0 Å². The third-order valence-electron chi connectivity index (χ3n) is 1.96. The van der Waals surface area contributed by atoms with Gasteiger partial charge < -0.3 is 9.47 Å². The number of rotatable bonds is 9. The highest BCUT2D eigenvalue weighted by Crippen LogP contribution is 1.99. The van der Waals surface area contributed by atoms with Crippen LogP contribution in [0.2, 0.25) is 6.04 Å². The van der Waals surface area contributed by atoms with E-state index in [1.54, 1.807) is 28.4 Å². The molecule has 0 saturated carbocycles. The van der Waals surface area contributed by atoms with Crippen LogP contribution in [0.5, 0.6) is 0 Å². The van der Waals surface area contributed by atoms with Crippen molar-refractivity contribution in [2.45, 2.75) is 18.4 Å². The van der Waals surface area contributed by atoms with E-state index in [0.29, 0.717) is 0 Å². The number of hydrogen-bond donors (Lipinski definition) is 0. The third-order valence-corrected chi connectivity index (χ3v) is 4.01. The summed E-state index contributed by atoms with van der Waals surface area (Å²) in [5.74, 6) is 0.0357. The van der Waals surface area contributed by atoms with Gasteiger partial charge in [0.05, 0.1) is 30.3 Å². The first-order valence-corrected chi connectivity index (χ1v) is 6.51. The van der Waals surface area contributed by atoms with E-state index in [1.165, 1.54) is 5.23 Å². The zero-order chi connectivity index (χ0) is 10.8. The molecule has 86 valence electrons. The van der Waals surface area contributed by atoms with Crippen LogP contribution in [0.1, 0.15) is 6.42 Å². The van der Waals surface area contributed by atoms with Crippen molar-refractivity contribution in [3.05, 3.63) is 0 Å². The van der Waals surface area contributed by atoms with Crippen LogP contribution in [-0.4, -0.2) is 55.6 Å². The van der Waals surface area contributed by atoms with Crippen LogP contribution >= 0.6 is 0 Å². The van der Waals surface area contributed by atoms with Gasteiger partial charge in [-0.15, -0.1) is 0 Å². The molecule has 0 saturated heterocycles. The van der Waals surface area contributed by atoms with Crippen molar-refractivity contribution in [1.82, 2.24) is 5.23 Å². The van der Waals surface area contributed by atoms with Crippen LogP contribution in [0.3, 0.4) is 0 Å². The van der Waals surface area contributed by atoms with Gasteiger partial charge in [0.1, 0.15) is 5.91 Å². The minimum absolute atomic E-state index is 0.0357. The maximum atomic E-state index is 5.12. The van der Waals surface area contributed by atoms with Gasteiger partial charge in [0.25, 0.3) is 0 Å². The maximum absolute atomic E-state index is 5.12. The minimum atomic E-state index is -0.315. The molecule has 0 aromatic heterocycles. The molecule has 5 nitrogen and oxygen atoms in total. The van der Waals surface area contributed by atoms with Crippen molar-refractivity contribution in [2.24, 2.45) is 0 Å². The second-order valence-electron chi connectivity index (χ2n) is 2.82. The Bertz CT molecular complexity index is 106. The normalized spacial score (nSPS) is 12.4. The molecule has 0 unspecified atom stereocenters. The monoisotopic (exact) mass is 223 g/mol. The Labute approximate surface area is 88.0 Å². The van der Waals surface area contributed by atoms with E-state index < -0.39 is 0 Å². The summed E-state index contributed by atoms with van der Waals surface area (Å²) in [6.07, 6.45) is 1.04. The van der Waals surface area contributed by atoms with Crippen LogP contribution in [-0.2, 0) is 19.1 Å². The molecule has 0 bridgehead atoms. The lowest BCUT2D eigenvalue weighted by Gasteiger charge is -2.16. The second kappa shape index (κ2) is 9.57. The predicted molar refractivity (Wildman–Crippen MR) is 56.5 cm³/mol. The number of methoxy groups -OCH3 is 2. The summed E-state index contributed by atoms with van der Waals surface area (Å²) in [6.45, 7) is 0.778. The van der Waals surface area contributed by atoms with E-state index >= 15 is 0 Å². The number of ether oxygens (including phenoxy) is 2. The highest BCUT2D eigenvalue weighted by Gasteiger charge is 2.06. The van der Waals surface area contributed by atoms with Crippen LogP contribution in [0.4, 0.5) is 0 Å². The van der Waals surface area contributed by atoms with Gasteiger partial charge in [-0.1, -0.05) is 11.3 Å². The van der Waals surface area contributed by atoms with Gasteiger partial charge in [-0.3, -0.25) is 9.68 Å². The van der Waals surface area contributed by atoms with E-state index in [4.69, 9.17) is 19.1 Å². The molecule has 0 fully saturated rings. The Hall–Kier alpha value is 0.0169. The molecule has 0 heterocycles. The number of nitrogens with zero attached hydrogens (tertiary/aromatic N) is 1. The average molecular weight is 223 g/mol. The summed E-state index contributed by atoms with van der Waals surface area (Å²) in [4.78, 5) is 9.85. The molecule has 0 aliphatic heterocycles. The van der Waals surface area contributed by atoms with Crippen LogP contribution in [0.15, 0.2) is 0 Å². The summed E-state index contributed by atoms with van der Waals surface area (Å²) in [6, 6.07) is 1.15. The van der Waals surface area contributed by atoms with Gasteiger partial charge in [-0.05, 0) is 6.42 Å². The standard InChI is InChI=1S/C8H21NO4Si/c1-10-8(11-2)14-7-5-6-9(12-3)13-4/h8H,5-7,14H2,1-4H3. The second-order valence-corrected chi connectivity index (χ2v) is 4.77. The molecule has 0 spiro atoms. The van der Waals surface area contributed by atoms with Gasteiger partial charge in [0.2, 0.25) is 0 Å². The van der Waals surface area contributed by atoms with E-state index in [0.717, 1.165) is 19.0 Å². The third kappa shape index (κ3) is 6.47. The molecule has 0 aliphatic carbocycles. The zero-order valence-electron chi connectivity index (χ0n) is 9.49. The summed E-state index contributed by atoms with van der Waals surface area (Å²) in [7, 11) is 6.22. The largest absolute Gasteiger partial charge is 0.360 e. The highest BCUT2D eigenvalue weighted by atomic mass is 28.2. The van der Waals surface area contributed by atoms with Crippen molar-refractivity contribution >= 4 is 9.52 Å². The van der Waals surface area contributed by atoms with Gasteiger partial charge >= 0.3 is 0 Å². The molecule has 0 rings (SSSR count). The number of hydrogen-bond acceptors (Lipinski definition) is 5. The van der Waals surface area contributed by atoms with Crippen molar-refractivity contribution in [2.75, 3.05) is 35.0 Å². The van der Waals surface area contributed by atoms with Crippen LogP contribution in [0, 0.1) is 0 Å². The summed E-state index contributed by atoms with van der Waals surface area (Å²) in [5, 5.41) is 1.46. The first-order chi connectivity index (χ1) is 6.78. The Morgan fingerprint density at radius 2 is 1.64 bits per heavy atom. The van der Waals surface area contributed by atoms with Crippen molar-refractivity contribution < 1.29 is 19.1 Å². The molecule has 6 heteroatoms. The molecule has 0 aromatic rings. The maximum Gasteiger partial charge on any atom is 0.134 e. The topological polar surface area (TPSA) is 40.2 Å². The van der Waals surface area contributed by atoms with Crippen LogP contribution in [0.25, 0.3) is 0 Å². The van der Waals surface area contributed by atoms with E-state index in [2.05, 4.69) is 0 Å². The molecule has 0 aromatic carbocycles. The fraction of sp³-hybridized carbons (Fsp3) is 1.00. The SMILES string of the molecule is COC(OC)[SiH2]CCCN(OC)OC. The molecule has 0 radical (unpaired) electrons. The Morgan fingerprint density at radius 1 is 1.07 bits per heavy atom. The molecule has 0 amide bonds. The van der Waals surface area contributed by atoms with Gasteiger partial charge in [-0.2, -0.15) is 0 Å². The van der Waals surface area contributed by atoms with Crippen molar-refractivity contribution in [3.8, 4) is 0 Å². The molecule has 0 N–H and O–H groups in total. The molecule has 0 aliphatic rings. The quantitative estimate of drug-likeness (QED) is 0.237. The minimum Gasteiger partial charge on any atom is -0.360 e. The van der Waals surface area contributed by atoms with E-state index in [1.807, 2.05) is 0 Å². The first kappa shape index (κ1) is 14.0. The fourth-order valence-corrected chi connectivity index (χ4v) is 2.46. The zero-order valence-corrected chi connectivity index (χ0v) is 10.9. The lowest BCUT2D eigenvalue weighted by molar-refractivity contribution is -0.342. The molecular formula is C8H21NO4Si. The molecule has 0 atom stereocenters. The van der Waals surface area contributed by atoms with Crippen molar-refractivity contribution in [1.29, 1.82) is 0 Å². The predicted octanol–water partition coefficient (Wildman–Crippen LogP) is -0.0352. The van der Waals surface area contributed by atoms with Crippen molar-refractivity contribution in [3.63, 3.8) is 0 Å². The first-order valence-electron chi connectivity index (χ1n) is 4.69. The lowest BCUT2D eigenvalue weighted by atomic mass is 10.5. The molecular weight excluding hydrogens is 202 g/mol. The number of hydroxylamine groups is 2. The lowest BCUT2D eigenvalue weighted by Crippen LogP contribution is -2.25. The van der Waals surface area contributed by atoms with Gasteiger partial charge in [-0.25, -0.2) is 0 Å². The van der Waals surface area contributed by atoms with Crippen LogP contribution < -0.4 is 0 Å².